The fourth-order valence-corrected chi connectivity index (χ4v) is 3.68. The summed E-state index contributed by atoms with van der Waals surface area (Å²) in [6.45, 7) is 1.72. The monoisotopic (exact) mass is 366 g/mol. The second-order valence-electron chi connectivity index (χ2n) is 6.91. The number of amides is 2. The summed E-state index contributed by atoms with van der Waals surface area (Å²) in [4.78, 5) is 36.9. The lowest BCUT2D eigenvalue weighted by molar-refractivity contribution is -0.137. The number of carbonyl (C=O) groups is 2. The molecule has 0 spiro atoms. The van der Waals surface area contributed by atoms with Crippen LogP contribution in [0.4, 0.5) is 5.69 Å². The zero-order chi connectivity index (χ0) is 18.6. The van der Waals surface area contributed by atoms with Crippen molar-refractivity contribution in [3.63, 3.8) is 0 Å². The Kier molecular flexibility index (Phi) is 5.00. The smallest absolute Gasteiger partial charge is 0.316 e. The van der Waals surface area contributed by atoms with Crippen LogP contribution in [0.3, 0.4) is 0 Å². The van der Waals surface area contributed by atoms with Gasteiger partial charge in [0.25, 0.3) is 0 Å². The second kappa shape index (κ2) is 7.73. The quantitative estimate of drug-likeness (QED) is 0.826. The molecule has 1 aromatic heterocycles. The van der Waals surface area contributed by atoms with Crippen molar-refractivity contribution in [1.82, 2.24) is 14.9 Å². The molecule has 7 nitrogen and oxygen atoms in total. The Balaban J connectivity index is 1.31. The number of piperidine rings is 1. The van der Waals surface area contributed by atoms with Crippen molar-refractivity contribution < 1.29 is 14.3 Å². The third-order valence-corrected chi connectivity index (χ3v) is 5.11. The first-order valence-electron chi connectivity index (χ1n) is 9.28. The highest BCUT2D eigenvalue weighted by Crippen LogP contribution is 2.27. The average Bonchev–Trinajstić information content (AvgIpc) is 3.11. The predicted octanol–water partition coefficient (Wildman–Crippen LogP) is 1.90. The van der Waals surface area contributed by atoms with Gasteiger partial charge in [0.1, 0.15) is 6.10 Å². The lowest BCUT2D eigenvalue weighted by atomic mass is 10.0. The van der Waals surface area contributed by atoms with Gasteiger partial charge in [-0.1, -0.05) is 18.2 Å². The van der Waals surface area contributed by atoms with Crippen molar-refractivity contribution in [3.05, 3.63) is 48.8 Å². The number of likely N-dealkylation sites (tertiary alicyclic amines) is 1. The second-order valence-corrected chi connectivity index (χ2v) is 6.91. The minimum atomic E-state index is -0.271. The maximum absolute atomic E-state index is 12.9. The molecule has 2 aliphatic rings. The van der Waals surface area contributed by atoms with Gasteiger partial charge in [-0.15, -0.1) is 0 Å². The maximum atomic E-state index is 12.9. The highest BCUT2D eigenvalue weighted by atomic mass is 16.5. The van der Waals surface area contributed by atoms with Gasteiger partial charge in [-0.25, -0.2) is 9.97 Å². The van der Waals surface area contributed by atoms with E-state index >= 15 is 0 Å². The molecule has 1 atom stereocenters. The fourth-order valence-electron chi connectivity index (χ4n) is 3.68. The number of anilines is 1. The van der Waals surface area contributed by atoms with Crippen LogP contribution in [0.25, 0.3) is 0 Å². The van der Waals surface area contributed by atoms with Crippen LogP contribution in [0.5, 0.6) is 6.01 Å². The van der Waals surface area contributed by atoms with E-state index in [1.807, 2.05) is 35.2 Å². The van der Waals surface area contributed by atoms with E-state index in [4.69, 9.17) is 4.74 Å². The van der Waals surface area contributed by atoms with Gasteiger partial charge in [-0.3, -0.25) is 9.59 Å². The maximum Gasteiger partial charge on any atom is 0.316 e. The summed E-state index contributed by atoms with van der Waals surface area (Å²) in [5.74, 6) is -0.192. The van der Waals surface area contributed by atoms with Gasteiger partial charge in [-0.2, -0.15) is 0 Å². The zero-order valence-electron chi connectivity index (χ0n) is 15.0. The highest BCUT2D eigenvalue weighted by Gasteiger charge is 2.38. The molecule has 2 aromatic rings. The van der Waals surface area contributed by atoms with E-state index < -0.39 is 0 Å². The molecule has 2 saturated heterocycles. The summed E-state index contributed by atoms with van der Waals surface area (Å²) >= 11 is 0. The van der Waals surface area contributed by atoms with Crippen molar-refractivity contribution in [2.24, 2.45) is 5.92 Å². The van der Waals surface area contributed by atoms with Gasteiger partial charge < -0.3 is 14.5 Å². The van der Waals surface area contributed by atoms with Crippen LogP contribution in [-0.2, 0) is 9.59 Å². The van der Waals surface area contributed by atoms with Gasteiger partial charge in [0.2, 0.25) is 11.8 Å². The number of hydrogen-bond donors (Lipinski definition) is 0. The van der Waals surface area contributed by atoms with E-state index in [0.29, 0.717) is 25.6 Å². The molecule has 0 aliphatic carbocycles. The summed E-state index contributed by atoms with van der Waals surface area (Å²) in [5, 5.41) is 0. The van der Waals surface area contributed by atoms with Crippen molar-refractivity contribution in [2.45, 2.75) is 25.4 Å². The molecule has 2 amide bonds. The third-order valence-electron chi connectivity index (χ3n) is 5.11. The Morgan fingerprint density at radius 1 is 1.04 bits per heavy atom. The van der Waals surface area contributed by atoms with E-state index in [-0.39, 0.29) is 30.3 Å². The first-order chi connectivity index (χ1) is 13.2. The summed E-state index contributed by atoms with van der Waals surface area (Å²) in [5.41, 5.74) is 0.854. The van der Waals surface area contributed by atoms with Crippen LogP contribution >= 0.6 is 0 Å². The van der Waals surface area contributed by atoms with Crippen LogP contribution in [0, 0.1) is 5.92 Å². The molecule has 140 valence electrons. The molecule has 0 saturated carbocycles. The first kappa shape index (κ1) is 17.5. The number of benzene rings is 1. The van der Waals surface area contributed by atoms with Crippen molar-refractivity contribution in [3.8, 4) is 6.01 Å². The van der Waals surface area contributed by atoms with E-state index in [0.717, 1.165) is 18.5 Å². The molecule has 7 heteroatoms. The number of hydrogen-bond acceptors (Lipinski definition) is 5. The molecule has 0 bridgehead atoms. The van der Waals surface area contributed by atoms with E-state index in [2.05, 4.69) is 9.97 Å². The molecule has 0 radical (unpaired) electrons. The topological polar surface area (TPSA) is 75.6 Å². The van der Waals surface area contributed by atoms with Crippen molar-refractivity contribution in [2.75, 3.05) is 24.5 Å². The Bertz CT molecular complexity index is 791. The average molecular weight is 366 g/mol. The molecule has 1 aromatic carbocycles. The SMILES string of the molecule is O=C(C1CC(=O)N(c2ccccc2)C1)N1CCC(Oc2ncccn2)CC1. The van der Waals surface area contributed by atoms with Crippen LogP contribution in [0.1, 0.15) is 19.3 Å². The largest absolute Gasteiger partial charge is 0.460 e. The summed E-state index contributed by atoms with van der Waals surface area (Å²) in [6, 6.07) is 11.6. The Labute approximate surface area is 158 Å². The molecule has 4 rings (SSSR count). The highest BCUT2D eigenvalue weighted by molar-refractivity contribution is 6.00. The minimum Gasteiger partial charge on any atom is -0.460 e. The fraction of sp³-hybridized carbons (Fsp3) is 0.400. The van der Waals surface area contributed by atoms with Crippen LogP contribution < -0.4 is 9.64 Å². The lowest BCUT2D eigenvalue weighted by Crippen LogP contribution is -2.45. The number of aromatic nitrogens is 2. The summed E-state index contributed by atoms with van der Waals surface area (Å²) in [7, 11) is 0. The van der Waals surface area contributed by atoms with Crippen molar-refractivity contribution in [1.29, 1.82) is 0 Å². The standard InChI is InChI=1S/C20H22N4O3/c25-18-13-15(14-24(18)16-5-2-1-3-6-16)19(26)23-11-7-17(8-12-23)27-20-21-9-4-10-22-20/h1-6,9-10,15,17H,7-8,11-14H2. The van der Waals surface area contributed by atoms with Crippen molar-refractivity contribution >= 4 is 17.5 Å². The van der Waals surface area contributed by atoms with Crippen LogP contribution in [-0.4, -0.2) is 52.4 Å². The molecular weight excluding hydrogens is 344 g/mol. The van der Waals surface area contributed by atoms with Gasteiger partial charge >= 0.3 is 6.01 Å². The molecule has 2 fully saturated rings. The lowest BCUT2D eigenvalue weighted by Gasteiger charge is -2.33. The first-order valence-corrected chi connectivity index (χ1v) is 9.28. The molecule has 3 heterocycles. The van der Waals surface area contributed by atoms with E-state index in [1.165, 1.54) is 0 Å². The van der Waals surface area contributed by atoms with Crippen LogP contribution in [0.2, 0.25) is 0 Å². The molecular formula is C20H22N4O3. The number of carbonyl (C=O) groups excluding carboxylic acids is 2. The molecule has 1 unspecified atom stereocenters. The number of ether oxygens (including phenoxy) is 1. The Hall–Kier alpha value is -2.96. The number of nitrogens with zero attached hydrogens (tertiary/aromatic N) is 4. The number of rotatable bonds is 4. The normalized spacial score (nSPS) is 20.7. The third kappa shape index (κ3) is 3.92. The Morgan fingerprint density at radius 2 is 1.74 bits per heavy atom. The molecule has 27 heavy (non-hydrogen) atoms. The van der Waals surface area contributed by atoms with E-state index in [9.17, 15) is 9.59 Å². The van der Waals surface area contributed by atoms with E-state index in [1.54, 1.807) is 23.4 Å². The van der Waals surface area contributed by atoms with Gasteiger partial charge in [0, 0.05) is 57.0 Å². The number of para-hydroxylation sites is 1. The molecule has 2 aliphatic heterocycles. The molecule has 0 N–H and O–H groups in total. The zero-order valence-corrected chi connectivity index (χ0v) is 15.0. The van der Waals surface area contributed by atoms with Crippen LogP contribution in [0.15, 0.2) is 48.8 Å². The van der Waals surface area contributed by atoms with Gasteiger partial charge in [-0.05, 0) is 18.2 Å². The Morgan fingerprint density at radius 3 is 2.44 bits per heavy atom. The summed E-state index contributed by atoms with van der Waals surface area (Å²) < 4.78 is 5.78. The predicted molar refractivity (Wildman–Crippen MR) is 99.2 cm³/mol. The summed E-state index contributed by atoms with van der Waals surface area (Å²) in [6.07, 6.45) is 5.08. The minimum absolute atomic E-state index is 0.0130. The van der Waals surface area contributed by atoms with Gasteiger partial charge in [0.15, 0.2) is 0 Å². The van der Waals surface area contributed by atoms with Gasteiger partial charge in [0.05, 0.1) is 5.92 Å².